The summed E-state index contributed by atoms with van der Waals surface area (Å²) < 4.78 is 11.5. The van der Waals surface area contributed by atoms with Gasteiger partial charge in [-0.1, -0.05) is 17.8 Å². The maximum Gasteiger partial charge on any atom is 0.284 e. The van der Waals surface area contributed by atoms with Crippen molar-refractivity contribution in [1.82, 2.24) is 10.2 Å². The fourth-order valence-electron chi connectivity index (χ4n) is 1.92. The predicted molar refractivity (Wildman–Crippen MR) is 94.8 cm³/mol. The van der Waals surface area contributed by atoms with Crippen LogP contribution in [0.3, 0.4) is 0 Å². The van der Waals surface area contributed by atoms with Gasteiger partial charge in [-0.3, -0.25) is 4.79 Å². The summed E-state index contributed by atoms with van der Waals surface area (Å²) in [4.78, 5) is 12.3. The van der Waals surface area contributed by atoms with Gasteiger partial charge in [-0.25, -0.2) is 0 Å². The number of furan rings is 1. The van der Waals surface area contributed by atoms with E-state index in [4.69, 9.17) is 8.83 Å². The van der Waals surface area contributed by atoms with Crippen LogP contribution in [0.5, 0.6) is 0 Å². The number of hydrogen-bond donors (Lipinski definition) is 1. The molecule has 8 heteroatoms. The Bertz CT molecular complexity index is 848. The lowest BCUT2D eigenvalue weighted by Crippen LogP contribution is -2.22. The average Bonchev–Trinajstić information content (AvgIpc) is 3.20. The van der Waals surface area contributed by atoms with Crippen LogP contribution in [0.15, 0.2) is 55.1 Å². The number of anilines is 1. The Balaban J connectivity index is 1.64. The highest BCUT2D eigenvalue weighted by molar-refractivity contribution is 9.10. The highest BCUT2D eigenvalue weighted by Crippen LogP contribution is 2.28. The standard InChI is InChI=1S/C16H14BrN3O3S/c1-9-5-6-12(11(17)8-9)18-14(21)10(2)24-16-20-19-15(23-16)13-4-3-7-22-13/h3-8,10H,1-2H3,(H,18,21)/t10-/m1/s1. The van der Waals surface area contributed by atoms with Crippen molar-refractivity contribution >= 4 is 39.3 Å². The van der Waals surface area contributed by atoms with Gasteiger partial charge in [-0.15, -0.1) is 10.2 Å². The summed E-state index contributed by atoms with van der Waals surface area (Å²) >= 11 is 4.63. The summed E-state index contributed by atoms with van der Waals surface area (Å²) in [5.74, 6) is 0.633. The molecule has 1 atom stereocenters. The molecule has 0 radical (unpaired) electrons. The molecule has 2 heterocycles. The highest BCUT2D eigenvalue weighted by atomic mass is 79.9. The Labute approximate surface area is 151 Å². The largest absolute Gasteiger partial charge is 0.459 e. The number of nitrogens with zero attached hydrogens (tertiary/aromatic N) is 2. The SMILES string of the molecule is Cc1ccc(NC(=O)[C@@H](C)Sc2nnc(-c3ccco3)o2)c(Br)c1. The molecule has 0 aliphatic heterocycles. The molecule has 0 unspecified atom stereocenters. The van der Waals surface area contributed by atoms with Gasteiger partial charge in [0, 0.05) is 4.47 Å². The van der Waals surface area contributed by atoms with Gasteiger partial charge >= 0.3 is 0 Å². The molecule has 24 heavy (non-hydrogen) atoms. The van der Waals surface area contributed by atoms with E-state index in [0.29, 0.717) is 11.0 Å². The number of halogens is 1. The van der Waals surface area contributed by atoms with E-state index in [1.807, 2.05) is 25.1 Å². The molecule has 0 bridgehead atoms. The molecule has 3 aromatic rings. The average molecular weight is 408 g/mol. The van der Waals surface area contributed by atoms with Gasteiger partial charge in [0.1, 0.15) is 0 Å². The predicted octanol–water partition coefficient (Wildman–Crippen LogP) is 4.52. The fourth-order valence-corrected chi connectivity index (χ4v) is 3.19. The van der Waals surface area contributed by atoms with Crippen molar-refractivity contribution in [3.05, 3.63) is 46.6 Å². The van der Waals surface area contributed by atoms with Crippen LogP contribution >= 0.6 is 27.7 Å². The van der Waals surface area contributed by atoms with Crippen LogP contribution in [0.2, 0.25) is 0 Å². The van der Waals surface area contributed by atoms with E-state index >= 15 is 0 Å². The van der Waals surface area contributed by atoms with Gasteiger partial charge in [0.25, 0.3) is 11.1 Å². The normalized spacial score (nSPS) is 12.1. The Morgan fingerprint density at radius 2 is 2.17 bits per heavy atom. The zero-order chi connectivity index (χ0) is 17.1. The Morgan fingerprint density at radius 3 is 2.88 bits per heavy atom. The van der Waals surface area contributed by atoms with Gasteiger partial charge in [0.15, 0.2) is 5.76 Å². The van der Waals surface area contributed by atoms with Crippen LogP contribution in [-0.2, 0) is 4.79 Å². The number of aryl methyl sites for hydroxylation is 1. The number of rotatable bonds is 5. The lowest BCUT2D eigenvalue weighted by atomic mass is 10.2. The lowest BCUT2D eigenvalue weighted by molar-refractivity contribution is -0.115. The highest BCUT2D eigenvalue weighted by Gasteiger charge is 2.20. The van der Waals surface area contributed by atoms with Gasteiger partial charge < -0.3 is 14.2 Å². The third-order valence-corrected chi connectivity index (χ3v) is 4.76. The first-order valence-corrected chi connectivity index (χ1v) is 8.81. The molecule has 0 aliphatic rings. The summed E-state index contributed by atoms with van der Waals surface area (Å²) in [6.45, 7) is 3.76. The second-order valence-corrected chi connectivity index (χ2v) is 7.23. The Morgan fingerprint density at radius 1 is 1.33 bits per heavy atom. The summed E-state index contributed by atoms with van der Waals surface area (Å²) in [6.07, 6.45) is 1.53. The third kappa shape index (κ3) is 3.88. The van der Waals surface area contributed by atoms with Crippen molar-refractivity contribution in [2.75, 3.05) is 5.32 Å². The van der Waals surface area contributed by atoms with Gasteiger partial charge in [-0.2, -0.15) is 0 Å². The molecule has 2 aromatic heterocycles. The van der Waals surface area contributed by atoms with Crippen molar-refractivity contribution < 1.29 is 13.6 Å². The zero-order valence-electron chi connectivity index (χ0n) is 12.9. The van der Waals surface area contributed by atoms with Crippen LogP contribution in [0.1, 0.15) is 12.5 Å². The summed E-state index contributed by atoms with van der Waals surface area (Å²) in [5, 5.41) is 10.6. The van der Waals surface area contributed by atoms with Crippen LogP contribution in [0.4, 0.5) is 5.69 Å². The maximum atomic E-state index is 12.3. The van der Waals surface area contributed by atoms with Crippen molar-refractivity contribution in [2.45, 2.75) is 24.3 Å². The van der Waals surface area contributed by atoms with Crippen LogP contribution in [-0.4, -0.2) is 21.4 Å². The van der Waals surface area contributed by atoms with E-state index < -0.39 is 5.25 Å². The molecular formula is C16H14BrN3O3S. The molecule has 6 nitrogen and oxygen atoms in total. The first-order valence-electron chi connectivity index (χ1n) is 7.14. The molecule has 0 aliphatic carbocycles. The number of carbonyl (C=O) groups is 1. The van der Waals surface area contributed by atoms with Crippen LogP contribution in [0, 0.1) is 6.92 Å². The van der Waals surface area contributed by atoms with E-state index in [9.17, 15) is 4.79 Å². The lowest BCUT2D eigenvalue weighted by Gasteiger charge is -2.11. The molecule has 3 rings (SSSR count). The molecular weight excluding hydrogens is 394 g/mol. The molecule has 0 fully saturated rings. The topological polar surface area (TPSA) is 81.2 Å². The fraction of sp³-hybridized carbons (Fsp3) is 0.188. The second-order valence-electron chi connectivity index (χ2n) is 5.08. The summed E-state index contributed by atoms with van der Waals surface area (Å²) in [5.41, 5.74) is 1.83. The number of amides is 1. The van der Waals surface area contributed by atoms with E-state index in [0.717, 1.165) is 15.7 Å². The molecule has 0 saturated carbocycles. The number of aromatic nitrogens is 2. The second kappa shape index (κ2) is 7.23. The Hall–Kier alpha value is -2.06. The van der Waals surface area contributed by atoms with Gasteiger partial charge in [-0.05, 0) is 59.6 Å². The number of nitrogens with one attached hydrogen (secondary N) is 1. The molecule has 1 amide bonds. The molecule has 0 spiro atoms. The molecule has 1 aromatic carbocycles. The monoisotopic (exact) mass is 407 g/mol. The van der Waals surface area contributed by atoms with E-state index in [-0.39, 0.29) is 11.8 Å². The minimum atomic E-state index is -0.400. The summed E-state index contributed by atoms with van der Waals surface area (Å²) in [6, 6.07) is 9.21. The van der Waals surface area contributed by atoms with E-state index in [2.05, 4.69) is 31.4 Å². The van der Waals surface area contributed by atoms with Crippen molar-refractivity contribution in [1.29, 1.82) is 0 Å². The number of thioether (sulfide) groups is 1. The van der Waals surface area contributed by atoms with Crippen LogP contribution in [0.25, 0.3) is 11.7 Å². The van der Waals surface area contributed by atoms with Crippen LogP contribution < -0.4 is 5.32 Å². The van der Waals surface area contributed by atoms with Crippen molar-refractivity contribution in [3.8, 4) is 11.7 Å². The van der Waals surface area contributed by atoms with Gasteiger partial charge in [0.05, 0.1) is 17.2 Å². The molecule has 1 N–H and O–H groups in total. The quantitative estimate of drug-likeness (QED) is 0.626. The van der Waals surface area contributed by atoms with Gasteiger partial charge in [0.2, 0.25) is 5.91 Å². The first-order chi connectivity index (χ1) is 11.5. The number of benzene rings is 1. The van der Waals surface area contributed by atoms with Crippen molar-refractivity contribution in [3.63, 3.8) is 0 Å². The maximum absolute atomic E-state index is 12.3. The number of carbonyl (C=O) groups excluding carboxylic acids is 1. The van der Waals surface area contributed by atoms with E-state index in [1.54, 1.807) is 19.1 Å². The first kappa shape index (κ1) is 16.8. The zero-order valence-corrected chi connectivity index (χ0v) is 15.3. The number of hydrogen-bond acceptors (Lipinski definition) is 6. The van der Waals surface area contributed by atoms with Crippen molar-refractivity contribution in [2.24, 2.45) is 0 Å². The molecule has 0 saturated heterocycles. The minimum Gasteiger partial charge on any atom is -0.459 e. The summed E-state index contributed by atoms with van der Waals surface area (Å²) in [7, 11) is 0. The smallest absolute Gasteiger partial charge is 0.284 e. The molecule has 124 valence electrons. The van der Waals surface area contributed by atoms with E-state index in [1.165, 1.54) is 18.0 Å². The Kier molecular flexibility index (Phi) is 5.06. The third-order valence-electron chi connectivity index (χ3n) is 3.17. The minimum absolute atomic E-state index is 0.151.